The maximum Gasteiger partial charge on any atom is 0.335 e. The van der Waals surface area contributed by atoms with Crippen LogP contribution in [0.15, 0.2) is 36.4 Å². The van der Waals surface area contributed by atoms with Gasteiger partial charge in [-0.2, -0.15) is 0 Å². The number of hydrogen-bond donors (Lipinski definition) is 1. The molecule has 2 aromatic rings. The van der Waals surface area contributed by atoms with Gasteiger partial charge < -0.3 is 9.84 Å². The van der Waals surface area contributed by atoms with Crippen molar-refractivity contribution in [3.05, 3.63) is 53.1 Å². The lowest BCUT2D eigenvalue weighted by molar-refractivity contribution is 0.0696. The van der Waals surface area contributed by atoms with Gasteiger partial charge in [0.05, 0.1) is 12.7 Å². The Labute approximate surface area is 112 Å². The van der Waals surface area contributed by atoms with E-state index in [4.69, 9.17) is 9.84 Å². The van der Waals surface area contributed by atoms with Crippen LogP contribution in [0.4, 0.5) is 0 Å². The highest BCUT2D eigenvalue weighted by atomic mass is 16.5. The summed E-state index contributed by atoms with van der Waals surface area (Å²) in [5.74, 6) is -0.0691. The summed E-state index contributed by atoms with van der Waals surface area (Å²) >= 11 is 0. The highest BCUT2D eigenvalue weighted by molar-refractivity contribution is 5.92. The van der Waals surface area contributed by atoms with Crippen LogP contribution in [0.5, 0.6) is 5.75 Å². The second-order valence-electron chi connectivity index (χ2n) is 4.47. The smallest absolute Gasteiger partial charge is 0.335 e. The molecule has 0 heterocycles. The fourth-order valence-corrected chi connectivity index (χ4v) is 2.23. The second-order valence-corrected chi connectivity index (χ2v) is 4.47. The minimum absolute atomic E-state index is 0.339. The maximum absolute atomic E-state index is 11.2. The summed E-state index contributed by atoms with van der Waals surface area (Å²) in [6.45, 7) is 3.80. The third-order valence-electron chi connectivity index (χ3n) is 3.27. The van der Waals surface area contributed by atoms with Crippen molar-refractivity contribution in [3.8, 4) is 16.9 Å². The first-order chi connectivity index (χ1) is 9.04. The topological polar surface area (TPSA) is 46.5 Å². The van der Waals surface area contributed by atoms with Crippen molar-refractivity contribution in [2.24, 2.45) is 0 Å². The summed E-state index contributed by atoms with van der Waals surface area (Å²) in [7, 11) is 1.64. The number of methoxy groups -OCH3 is 1. The van der Waals surface area contributed by atoms with Gasteiger partial charge in [-0.3, -0.25) is 0 Å². The molecule has 0 fully saturated rings. The minimum atomic E-state index is -0.899. The summed E-state index contributed by atoms with van der Waals surface area (Å²) in [5.41, 5.74) is 4.08. The average Bonchev–Trinajstić information content (AvgIpc) is 2.38. The van der Waals surface area contributed by atoms with E-state index in [0.717, 1.165) is 28.0 Å². The molecule has 0 radical (unpaired) electrons. The van der Waals surface area contributed by atoms with E-state index in [2.05, 4.69) is 0 Å². The number of carboxylic acid groups (broad SMARTS) is 1. The standard InChI is InChI=1S/C16H16O3/c1-10-9-12(7-8-15(10)19-3)13-5-4-6-14(11(13)2)16(17)18/h4-9H,1-3H3,(H,17,18). The Morgan fingerprint density at radius 2 is 1.89 bits per heavy atom. The molecule has 0 saturated heterocycles. The molecule has 0 amide bonds. The molecule has 0 saturated carbocycles. The third-order valence-corrected chi connectivity index (χ3v) is 3.27. The van der Waals surface area contributed by atoms with Crippen molar-refractivity contribution < 1.29 is 14.6 Å². The van der Waals surface area contributed by atoms with E-state index in [1.807, 2.05) is 38.1 Å². The molecule has 0 aliphatic carbocycles. The van der Waals surface area contributed by atoms with E-state index < -0.39 is 5.97 Å². The third kappa shape index (κ3) is 2.45. The normalized spacial score (nSPS) is 10.3. The van der Waals surface area contributed by atoms with E-state index in [-0.39, 0.29) is 0 Å². The summed E-state index contributed by atoms with van der Waals surface area (Å²) < 4.78 is 5.23. The second kappa shape index (κ2) is 5.14. The Morgan fingerprint density at radius 1 is 1.16 bits per heavy atom. The fourth-order valence-electron chi connectivity index (χ4n) is 2.23. The molecule has 2 aromatic carbocycles. The number of rotatable bonds is 3. The fraction of sp³-hybridized carbons (Fsp3) is 0.188. The Balaban J connectivity index is 2.56. The molecular formula is C16H16O3. The molecule has 98 valence electrons. The van der Waals surface area contributed by atoms with E-state index in [0.29, 0.717) is 5.56 Å². The Hall–Kier alpha value is -2.29. The average molecular weight is 256 g/mol. The van der Waals surface area contributed by atoms with Crippen LogP contribution >= 0.6 is 0 Å². The highest BCUT2D eigenvalue weighted by Gasteiger charge is 2.11. The highest BCUT2D eigenvalue weighted by Crippen LogP contribution is 2.29. The zero-order chi connectivity index (χ0) is 14.0. The SMILES string of the molecule is COc1ccc(-c2cccc(C(=O)O)c2C)cc1C. The molecule has 0 aliphatic heterocycles. The molecule has 0 atom stereocenters. The lowest BCUT2D eigenvalue weighted by Gasteiger charge is -2.11. The summed E-state index contributed by atoms with van der Waals surface area (Å²) in [6.07, 6.45) is 0. The molecular weight excluding hydrogens is 240 g/mol. The number of aryl methyl sites for hydroxylation is 1. The van der Waals surface area contributed by atoms with Gasteiger partial charge in [0, 0.05) is 0 Å². The van der Waals surface area contributed by atoms with Crippen LogP contribution in [0.3, 0.4) is 0 Å². The van der Waals surface area contributed by atoms with Gasteiger partial charge in [-0.25, -0.2) is 4.79 Å². The van der Waals surface area contributed by atoms with E-state index in [1.54, 1.807) is 19.2 Å². The quantitative estimate of drug-likeness (QED) is 0.911. The molecule has 19 heavy (non-hydrogen) atoms. The monoisotopic (exact) mass is 256 g/mol. The largest absolute Gasteiger partial charge is 0.496 e. The molecule has 0 aliphatic rings. The van der Waals surface area contributed by atoms with E-state index in [9.17, 15) is 4.79 Å². The number of aromatic carboxylic acids is 1. The van der Waals surface area contributed by atoms with Crippen molar-refractivity contribution in [3.63, 3.8) is 0 Å². The van der Waals surface area contributed by atoms with Crippen molar-refractivity contribution in [2.45, 2.75) is 13.8 Å². The van der Waals surface area contributed by atoms with Gasteiger partial charge in [0.1, 0.15) is 5.75 Å². The predicted octanol–water partition coefficient (Wildman–Crippen LogP) is 3.68. The molecule has 0 spiro atoms. The van der Waals surface area contributed by atoms with Crippen molar-refractivity contribution >= 4 is 5.97 Å². The Bertz CT molecular complexity index is 630. The zero-order valence-electron chi connectivity index (χ0n) is 11.2. The lowest BCUT2D eigenvalue weighted by Crippen LogP contribution is -2.00. The first-order valence-electron chi connectivity index (χ1n) is 6.02. The maximum atomic E-state index is 11.2. The summed E-state index contributed by atoms with van der Waals surface area (Å²) in [4.78, 5) is 11.2. The van der Waals surface area contributed by atoms with Crippen LogP contribution in [0.2, 0.25) is 0 Å². The minimum Gasteiger partial charge on any atom is -0.496 e. The summed E-state index contributed by atoms with van der Waals surface area (Å²) in [5, 5.41) is 9.15. The van der Waals surface area contributed by atoms with E-state index >= 15 is 0 Å². The van der Waals surface area contributed by atoms with Crippen LogP contribution in [0.25, 0.3) is 11.1 Å². The number of carboxylic acids is 1. The van der Waals surface area contributed by atoms with Gasteiger partial charge >= 0.3 is 5.97 Å². The molecule has 3 nitrogen and oxygen atoms in total. The molecule has 3 heteroatoms. The van der Waals surface area contributed by atoms with Gasteiger partial charge in [-0.1, -0.05) is 18.2 Å². The predicted molar refractivity (Wildman–Crippen MR) is 74.9 cm³/mol. The van der Waals surface area contributed by atoms with Crippen molar-refractivity contribution in [1.29, 1.82) is 0 Å². The van der Waals surface area contributed by atoms with Crippen molar-refractivity contribution in [1.82, 2.24) is 0 Å². The molecule has 0 bridgehead atoms. The van der Waals surface area contributed by atoms with Gasteiger partial charge in [-0.15, -0.1) is 0 Å². The van der Waals surface area contributed by atoms with Gasteiger partial charge in [0.2, 0.25) is 0 Å². The zero-order valence-corrected chi connectivity index (χ0v) is 11.2. The number of hydrogen-bond acceptors (Lipinski definition) is 2. The van der Waals surface area contributed by atoms with Crippen LogP contribution in [0.1, 0.15) is 21.5 Å². The van der Waals surface area contributed by atoms with Gasteiger partial charge in [0.25, 0.3) is 0 Å². The van der Waals surface area contributed by atoms with Gasteiger partial charge in [0.15, 0.2) is 0 Å². The molecule has 1 N–H and O–H groups in total. The number of benzene rings is 2. The van der Waals surface area contributed by atoms with Crippen LogP contribution in [-0.2, 0) is 0 Å². The Morgan fingerprint density at radius 3 is 2.47 bits per heavy atom. The van der Waals surface area contributed by atoms with Crippen molar-refractivity contribution in [2.75, 3.05) is 7.11 Å². The molecule has 2 rings (SSSR count). The summed E-state index contributed by atoms with van der Waals surface area (Å²) in [6, 6.07) is 11.2. The van der Waals surface area contributed by atoms with Gasteiger partial charge in [-0.05, 0) is 54.3 Å². The first-order valence-corrected chi connectivity index (χ1v) is 6.02. The molecule has 0 unspecified atom stereocenters. The first kappa shape index (κ1) is 13.1. The lowest BCUT2D eigenvalue weighted by atomic mass is 9.95. The Kier molecular flexibility index (Phi) is 3.56. The molecule has 0 aromatic heterocycles. The van der Waals surface area contributed by atoms with Crippen LogP contribution in [0, 0.1) is 13.8 Å². The van der Waals surface area contributed by atoms with Crippen LogP contribution in [-0.4, -0.2) is 18.2 Å². The van der Waals surface area contributed by atoms with Crippen LogP contribution < -0.4 is 4.74 Å². The van der Waals surface area contributed by atoms with E-state index in [1.165, 1.54) is 0 Å². The number of carbonyl (C=O) groups is 1. The number of ether oxygens (including phenoxy) is 1.